The highest BCUT2D eigenvalue weighted by molar-refractivity contribution is 5.50. The van der Waals surface area contributed by atoms with Crippen LogP contribution >= 0.6 is 0 Å². The third kappa shape index (κ3) is 4.62. The highest BCUT2D eigenvalue weighted by Gasteiger charge is 2.31. The molecule has 1 unspecified atom stereocenters. The zero-order valence-corrected chi connectivity index (χ0v) is 16.9. The van der Waals surface area contributed by atoms with Gasteiger partial charge in [0.1, 0.15) is 5.82 Å². The van der Waals surface area contributed by atoms with Crippen LogP contribution in [0.5, 0.6) is 0 Å². The van der Waals surface area contributed by atoms with Crippen LogP contribution in [-0.2, 0) is 6.18 Å². The molecular weight excluding hydrogens is 407 g/mol. The van der Waals surface area contributed by atoms with Gasteiger partial charge in [0.05, 0.1) is 11.6 Å². The topological polar surface area (TPSA) is 91.4 Å². The van der Waals surface area contributed by atoms with E-state index < -0.39 is 11.7 Å². The van der Waals surface area contributed by atoms with Gasteiger partial charge in [0.25, 0.3) is 0 Å². The molecule has 10 heteroatoms. The lowest BCUT2D eigenvalue weighted by molar-refractivity contribution is -0.137. The number of nitrogens with one attached hydrogen (secondary N) is 3. The van der Waals surface area contributed by atoms with Gasteiger partial charge in [-0.15, -0.1) is 0 Å². The fraction of sp³-hybridized carbons (Fsp3) is 0.429. The summed E-state index contributed by atoms with van der Waals surface area (Å²) < 4.78 is 38.4. The second-order valence-electron chi connectivity index (χ2n) is 8.21. The normalized spacial score (nSPS) is 17.4. The summed E-state index contributed by atoms with van der Waals surface area (Å²) in [6, 6.07) is 6.78. The molecule has 0 spiro atoms. The molecule has 2 saturated carbocycles. The van der Waals surface area contributed by atoms with E-state index in [0.29, 0.717) is 40.9 Å². The van der Waals surface area contributed by atoms with Crippen LogP contribution in [0, 0.1) is 0 Å². The van der Waals surface area contributed by atoms with E-state index in [0.717, 1.165) is 30.7 Å². The summed E-state index contributed by atoms with van der Waals surface area (Å²) in [5.74, 6) is 3.00. The minimum absolute atomic E-state index is 0.281. The minimum Gasteiger partial charge on any atom is -0.348 e. The number of aromatic amines is 1. The van der Waals surface area contributed by atoms with Gasteiger partial charge in [0.2, 0.25) is 11.9 Å². The second kappa shape index (κ2) is 7.51. The molecule has 7 nitrogen and oxygen atoms in total. The van der Waals surface area contributed by atoms with E-state index in [1.54, 1.807) is 0 Å². The van der Waals surface area contributed by atoms with Crippen LogP contribution in [0.15, 0.2) is 30.3 Å². The van der Waals surface area contributed by atoms with E-state index in [1.807, 2.05) is 13.0 Å². The van der Waals surface area contributed by atoms with Gasteiger partial charge in [-0.25, -0.2) is 0 Å². The molecule has 0 bridgehead atoms. The molecule has 1 atom stereocenters. The van der Waals surface area contributed by atoms with Crippen molar-refractivity contribution in [1.29, 1.82) is 0 Å². The maximum absolute atomic E-state index is 12.8. The maximum atomic E-state index is 12.8. The SMILES string of the molecule is CC(Nc1nc(Nc2cc(C3CC3)[nH]n2)nc(C2CC2)n1)c1ccc(C(F)(F)F)cc1. The Kier molecular flexibility index (Phi) is 4.79. The molecule has 2 fully saturated rings. The first-order chi connectivity index (χ1) is 14.8. The summed E-state index contributed by atoms with van der Waals surface area (Å²) in [5.41, 5.74) is 1.14. The Morgan fingerprint density at radius 2 is 1.65 bits per heavy atom. The lowest BCUT2D eigenvalue weighted by atomic mass is 10.1. The monoisotopic (exact) mass is 429 g/mol. The molecule has 2 aliphatic carbocycles. The van der Waals surface area contributed by atoms with Crippen molar-refractivity contribution in [3.05, 3.63) is 53.0 Å². The van der Waals surface area contributed by atoms with Crippen molar-refractivity contribution in [2.24, 2.45) is 0 Å². The molecule has 0 saturated heterocycles. The lowest BCUT2D eigenvalue weighted by Crippen LogP contribution is -2.13. The number of nitrogens with zero attached hydrogens (tertiary/aromatic N) is 4. The molecule has 2 heterocycles. The molecule has 0 amide bonds. The molecule has 2 aromatic heterocycles. The number of benzene rings is 1. The van der Waals surface area contributed by atoms with Crippen LogP contribution in [0.25, 0.3) is 0 Å². The number of hydrogen-bond donors (Lipinski definition) is 3. The smallest absolute Gasteiger partial charge is 0.348 e. The van der Waals surface area contributed by atoms with E-state index in [4.69, 9.17) is 0 Å². The van der Waals surface area contributed by atoms with Crippen molar-refractivity contribution in [3.63, 3.8) is 0 Å². The predicted octanol–water partition coefficient (Wildman–Crippen LogP) is 5.29. The van der Waals surface area contributed by atoms with Crippen molar-refractivity contribution in [2.75, 3.05) is 10.6 Å². The van der Waals surface area contributed by atoms with Gasteiger partial charge >= 0.3 is 6.18 Å². The molecule has 0 radical (unpaired) electrons. The van der Waals surface area contributed by atoms with Crippen molar-refractivity contribution in [2.45, 2.75) is 56.7 Å². The van der Waals surface area contributed by atoms with E-state index in [9.17, 15) is 13.2 Å². The molecule has 162 valence electrons. The fourth-order valence-electron chi connectivity index (χ4n) is 3.39. The summed E-state index contributed by atoms with van der Waals surface area (Å²) in [7, 11) is 0. The Balaban J connectivity index is 1.34. The standard InChI is InChI=1S/C21H22F3N7/c1-11(12-6-8-15(9-7-12)21(22,23)24)25-19-27-18(14-4-5-14)28-20(29-19)26-17-10-16(30-31-17)13-2-3-13/h6-11,13-14H,2-5H2,1H3,(H3,25,26,27,28,29,30,31). The molecule has 5 rings (SSSR count). The molecular formula is C21H22F3N7. The van der Waals surface area contributed by atoms with E-state index in [2.05, 4.69) is 35.8 Å². The molecule has 3 aromatic rings. The fourth-order valence-corrected chi connectivity index (χ4v) is 3.39. The predicted molar refractivity (Wildman–Crippen MR) is 109 cm³/mol. The summed E-state index contributed by atoms with van der Waals surface area (Å²) in [5, 5.41) is 13.6. The third-order valence-electron chi connectivity index (χ3n) is 5.53. The summed E-state index contributed by atoms with van der Waals surface area (Å²) in [6.07, 6.45) is 0.0657. The number of alkyl halides is 3. The van der Waals surface area contributed by atoms with Crippen molar-refractivity contribution in [3.8, 4) is 0 Å². The van der Waals surface area contributed by atoms with Gasteiger partial charge in [-0.05, 0) is 50.3 Å². The Hall–Kier alpha value is -3.17. The van der Waals surface area contributed by atoms with Crippen LogP contribution in [0.3, 0.4) is 0 Å². The van der Waals surface area contributed by atoms with Gasteiger partial charge in [-0.1, -0.05) is 12.1 Å². The van der Waals surface area contributed by atoms with Crippen LogP contribution in [0.4, 0.5) is 30.9 Å². The number of H-pyrrole nitrogens is 1. The zero-order chi connectivity index (χ0) is 21.6. The van der Waals surface area contributed by atoms with E-state index in [-0.39, 0.29) is 6.04 Å². The Morgan fingerprint density at radius 3 is 2.29 bits per heavy atom. The number of halogens is 3. The number of hydrogen-bond acceptors (Lipinski definition) is 6. The quantitative estimate of drug-likeness (QED) is 0.473. The van der Waals surface area contributed by atoms with Gasteiger partial charge < -0.3 is 10.6 Å². The van der Waals surface area contributed by atoms with Crippen LogP contribution < -0.4 is 10.6 Å². The summed E-state index contributed by atoms with van der Waals surface area (Å²) >= 11 is 0. The first kappa shape index (κ1) is 19.8. The Bertz CT molecular complexity index is 1070. The first-order valence-electron chi connectivity index (χ1n) is 10.4. The maximum Gasteiger partial charge on any atom is 0.416 e. The largest absolute Gasteiger partial charge is 0.416 e. The van der Waals surface area contributed by atoms with Crippen LogP contribution in [-0.4, -0.2) is 25.1 Å². The highest BCUT2D eigenvalue weighted by atomic mass is 19.4. The molecule has 2 aliphatic rings. The van der Waals surface area contributed by atoms with Crippen LogP contribution in [0.2, 0.25) is 0 Å². The Morgan fingerprint density at radius 1 is 0.968 bits per heavy atom. The van der Waals surface area contributed by atoms with Crippen molar-refractivity contribution >= 4 is 17.7 Å². The second-order valence-corrected chi connectivity index (χ2v) is 8.21. The average molecular weight is 429 g/mol. The zero-order valence-electron chi connectivity index (χ0n) is 16.9. The summed E-state index contributed by atoms with van der Waals surface area (Å²) in [4.78, 5) is 13.5. The van der Waals surface area contributed by atoms with Gasteiger partial charge in [-0.3, -0.25) is 5.10 Å². The lowest BCUT2D eigenvalue weighted by Gasteiger charge is -2.16. The average Bonchev–Trinajstić information content (AvgIpc) is 3.66. The van der Waals surface area contributed by atoms with Crippen LogP contribution in [0.1, 0.15) is 73.1 Å². The first-order valence-corrected chi connectivity index (χ1v) is 10.4. The number of rotatable bonds is 7. The number of aromatic nitrogens is 5. The van der Waals surface area contributed by atoms with Gasteiger partial charge in [0, 0.05) is 23.6 Å². The van der Waals surface area contributed by atoms with E-state index >= 15 is 0 Å². The Labute approximate surface area is 176 Å². The number of anilines is 3. The molecule has 31 heavy (non-hydrogen) atoms. The van der Waals surface area contributed by atoms with E-state index in [1.165, 1.54) is 25.0 Å². The van der Waals surface area contributed by atoms with Crippen molar-refractivity contribution in [1.82, 2.24) is 25.1 Å². The molecule has 3 N–H and O–H groups in total. The van der Waals surface area contributed by atoms with Crippen molar-refractivity contribution < 1.29 is 13.2 Å². The summed E-state index contributed by atoms with van der Waals surface area (Å²) in [6.45, 7) is 1.85. The molecule has 0 aliphatic heterocycles. The van der Waals surface area contributed by atoms with Gasteiger partial charge in [-0.2, -0.15) is 33.2 Å². The minimum atomic E-state index is -4.35. The molecule has 1 aromatic carbocycles. The highest BCUT2D eigenvalue weighted by Crippen LogP contribution is 2.40. The third-order valence-corrected chi connectivity index (χ3v) is 5.53. The van der Waals surface area contributed by atoms with Gasteiger partial charge in [0.15, 0.2) is 5.82 Å².